The van der Waals surface area contributed by atoms with Gasteiger partial charge in [0.25, 0.3) is 5.69 Å². The number of thioether (sulfide) groups is 1. The zero-order valence-corrected chi connectivity index (χ0v) is 22.7. The zero-order chi connectivity index (χ0) is 24.2. The first-order chi connectivity index (χ1) is 15.6. The standard InChI is InChI=1S/C27H31N2O3S.BrH/c1-19-16-22(27(3,4)5)17-20(2)26(19)33-15-13-23-8-6-7-14-28(23)18-25(30)21-9-11-24(12-10-21)29(31)32;/h6-12,14,16-17H,13,15,18H2,1-5H3;1H/q+1;/p-1. The smallest absolute Gasteiger partial charge is 0.269 e. The number of non-ortho nitro benzene ring substituents is 1. The number of aryl methyl sites for hydroxylation is 3. The quantitative estimate of drug-likeness (QED) is 0.144. The number of carbonyl (C=O) groups is 1. The Kier molecular flexibility index (Phi) is 9.59. The Hall–Kier alpha value is -2.51. The molecule has 0 amide bonds. The van der Waals surface area contributed by atoms with Crippen LogP contribution in [0.4, 0.5) is 5.69 Å². The van der Waals surface area contributed by atoms with E-state index in [-0.39, 0.29) is 40.4 Å². The fourth-order valence-electron chi connectivity index (χ4n) is 3.78. The minimum absolute atomic E-state index is 0. The van der Waals surface area contributed by atoms with Crippen molar-refractivity contribution in [3.05, 3.63) is 98.9 Å². The second kappa shape index (κ2) is 11.8. The SMILES string of the molecule is Cc1cc(C(C)(C)C)cc(C)c1SCCc1cccc[n+]1CC(=O)c1ccc([N+](=O)[O-])cc1.[Br-]. The Balaban J connectivity index is 0.00000408. The van der Waals surface area contributed by atoms with E-state index in [0.29, 0.717) is 5.56 Å². The molecule has 1 aromatic heterocycles. The second-order valence-corrected chi connectivity index (χ2v) is 10.4. The van der Waals surface area contributed by atoms with Crippen LogP contribution in [0.2, 0.25) is 0 Å². The maximum atomic E-state index is 12.7. The van der Waals surface area contributed by atoms with Gasteiger partial charge in [0, 0.05) is 46.9 Å². The van der Waals surface area contributed by atoms with Gasteiger partial charge in [0.15, 0.2) is 11.9 Å². The molecule has 7 heteroatoms. The van der Waals surface area contributed by atoms with Crippen LogP contribution in [0.3, 0.4) is 0 Å². The van der Waals surface area contributed by atoms with Gasteiger partial charge in [-0.3, -0.25) is 14.9 Å². The van der Waals surface area contributed by atoms with Crippen LogP contribution in [0.1, 0.15) is 53.5 Å². The van der Waals surface area contributed by atoms with Crippen LogP contribution in [-0.2, 0) is 18.4 Å². The largest absolute Gasteiger partial charge is 1.00 e. The van der Waals surface area contributed by atoms with E-state index in [0.717, 1.165) is 17.9 Å². The third-order valence-electron chi connectivity index (χ3n) is 5.68. The van der Waals surface area contributed by atoms with Crippen LogP contribution in [0.5, 0.6) is 0 Å². The van der Waals surface area contributed by atoms with Gasteiger partial charge in [-0.15, -0.1) is 11.8 Å². The molecule has 0 aliphatic rings. The molecule has 0 spiro atoms. The molecule has 0 unspecified atom stereocenters. The predicted molar refractivity (Wildman–Crippen MR) is 133 cm³/mol. The number of nitrogens with zero attached hydrogens (tertiary/aromatic N) is 2. The lowest BCUT2D eigenvalue weighted by molar-refractivity contribution is -0.690. The highest BCUT2D eigenvalue weighted by Crippen LogP contribution is 2.32. The van der Waals surface area contributed by atoms with Crippen LogP contribution in [0, 0.1) is 24.0 Å². The van der Waals surface area contributed by atoms with Gasteiger partial charge >= 0.3 is 0 Å². The molecule has 5 nitrogen and oxygen atoms in total. The van der Waals surface area contributed by atoms with E-state index in [1.807, 2.05) is 40.7 Å². The van der Waals surface area contributed by atoms with E-state index in [9.17, 15) is 14.9 Å². The number of hydrogen-bond acceptors (Lipinski definition) is 4. The first kappa shape index (κ1) is 27.7. The van der Waals surface area contributed by atoms with Gasteiger partial charge in [0.2, 0.25) is 12.3 Å². The Morgan fingerprint density at radius 2 is 1.65 bits per heavy atom. The Morgan fingerprint density at radius 3 is 2.21 bits per heavy atom. The van der Waals surface area contributed by atoms with E-state index < -0.39 is 4.92 Å². The van der Waals surface area contributed by atoms with Crippen molar-refractivity contribution in [1.29, 1.82) is 0 Å². The van der Waals surface area contributed by atoms with Crippen molar-refractivity contribution in [2.45, 2.75) is 57.9 Å². The van der Waals surface area contributed by atoms with Gasteiger partial charge in [-0.1, -0.05) is 39.0 Å². The summed E-state index contributed by atoms with van der Waals surface area (Å²) in [6.45, 7) is 11.3. The number of carbonyl (C=O) groups excluding carboxylic acids is 1. The predicted octanol–water partition coefficient (Wildman–Crippen LogP) is 3.02. The summed E-state index contributed by atoms with van der Waals surface area (Å²) in [7, 11) is 0. The molecule has 3 aromatic rings. The number of Topliss-reactive ketones (excluding diaryl/α,β-unsaturated/α-hetero) is 1. The van der Waals surface area contributed by atoms with Crippen molar-refractivity contribution in [2.24, 2.45) is 0 Å². The molecule has 0 saturated carbocycles. The first-order valence-corrected chi connectivity index (χ1v) is 12.0. The molecule has 3 rings (SSSR count). The maximum absolute atomic E-state index is 12.7. The monoisotopic (exact) mass is 542 g/mol. The topological polar surface area (TPSA) is 64.1 Å². The number of nitro groups is 1. The molecule has 0 aliphatic carbocycles. The normalized spacial score (nSPS) is 11.1. The fraction of sp³-hybridized carbons (Fsp3) is 0.333. The number of rotatable bonds is 8. The van der Waals surface area contributed by atoms with Gasteiger partial charge in [0.1, 0.15) is 0 Å². The van der Waals surface area contributed by atoms with E-state index in [4.69, 9.17) is 0 Å². The van der Waals surface area contributed by atoms with Crippen LogP contribution in [0.15, 0.2) is 65.7 Å². The van der Waals surface area contributed by atoms with Gasteiger partial charge in [-0.05, 0) is 48.1 Å². The fourth-order valence-corrected chi connectivity index (χ4v) is 4.87. The van der Waals surface area contributed by atoms with Crippen molar-refractivity contribution in [1.82, 2.24) is 0 Å². The van der Waals surface area contributed by atoms with Crippen molar-refractivity contribution in [3.8, 4) is 0 Å². The number of aromatic nitrogens is 1. The third kappa shape index (κ3) is 7.00. The van der Waals surface area contributed by atoms with Crippen LogP contribution in [0.25, 0.3) is 0 Å². The summed E-state index contributed by atoms with van der Waals surface area (Å²) in [5, 5.41) is 10.8. The number of halogens is 1. The van der Waals surface area contributed by atoms with Crippen molar-refractivity contribution in [2.75, 3.05) is 5.75 Å². The zero-order valence-electron chi connectivity index (χ0n) is 20.3. The number of hydrogen-bond donors (Lipinski definition) is 0. The minimum atomic E-state index is -0.462. The molecule has 0 atom stereocenters. The summed E-state index contributed by atoms with van der Waals surface area (Å²) in [6, 6.07) is 16.3. The number of pyridine rings is 1. The lowest BCUT2D eigenvalue weighted by Gasteiger charge is -2.22. The molecule has 180 valence electrons. The molecular weight excluding hydrogens is 512 g/mol. The van der Waals surface area contributed by atoms with Crippen LogP contribution in [-0.4, -0.2) is 16.5 Å². The Morgan fingerprint density at radius 1 is 1.03 bits per heavy atom. The summed E-state index contributed by atoms with van der Waals surface area (Å²) < 4.78 is 1.97. The number of nitro benzene ring substituents is 1. The minimum Gasteiger partial charge on any atom is -1.00 e. The van der Waals surface area contributed by atoms with E-state index in [1.165, 1.54) is 45.9 Å². The summed E-state index contributed by atoms with van der Waals surface area (Å²) in [6.07, 6.45) is 2.75. The summed E-state index contributed by atoms with van der Waals surface area (Å²) >= 11 is 1.85. The van der Waals surface area contributed by atoms with Gasteiger partial charge < -0.3 is 17.0 Å². The molecule has 0 radical (unpaired) electrons. The average molecular weight is 544 g/mol. The summed E-state index contributed by atoms with van der Waals surface area (Å²) in [5.41, 5.74) is 5.64. The molecule has 0 fully saturated rings. The third-order valence-corrected chi connectivity index (χ3v) is 7.02. The molecule has 34 heavy (non-hydrogen) atoms. The van der Waals surface area contributed by atoms with Crippen molar-refractivity contribution < 1.29 is 31.3 Å². The lowest BCUT2D eigenvalue weighted by Crippen LogP contribution is -3.00. The van der Waals surface area contributed by atoms with Crippen molar-refractivity contribution >= 4 is 23.2 Å². The first-order valence-electron chi connectivity index (χ1n) is 11.1. The number of ketones is 1. The van der Waals surface area contributed by atoms with Gasteiger partial charge in [-0.2, -0.15) is 4.57 Å². The highest BCUT2D eigenvalue weighted by molar-refractivity contribution is 7.99. The molecule has 0 aliphatic heterocycles. The summed E-state index contributed by atoms with van der Waals surface area (Å²) in [5.74, 6) is 0.839. The highest BCUT2D eigenvalue weighted by atomic mass is 79.9. The molecule has 0 N–H and O–H groups in total. The molecule has 0 bridgehead atoms. The molecule has 0 saturated heterocycles. The van der Waals surface area contributed by atoms with E-state index >= 15 is 0 Å². The number of benzene rings is 2. The Bertz CT molecular complexity index is 1150. The molecule has 1 heterocycles. The molecule has 2 aromatic carbocycles. The summed E-state index contributed by atoms with van der Waals surface area (Å²) in [4.78, 5) is 24.5. The lowest BCUT2D eigenvalue weighted by atomic mass is 9.85. The Labute approximate surface area is 216 Å². The van der Waals surface area contributed by atoms with E-state index in [2.05, 4.69) is 46.8 Å². The van der Waals surface area contributed by atoms with Crippen LogP contribution >= 0.6 is 11.8 Å². The van der Waals surface area contributed by atoms with E-state index in [1.54, 1.807) is 0 Å². The van der Waals surface area contributed by atoms with Gasteiger partial charge in [-0.25, -0.2) is 0 Å². The second-order valence-electron chi connectivity index (χ2n) is 9.33. The van der Waals surface area contributed by atoms with Crippen molar-refractivity contribution in [3.63, 3.8) is 0 Å². The molecular formula is C27H31BrN2O3S. The average Bonchev–Trinajstić information content (AvgIpc) is 2.76. The van der Waals surface area contributed by atoms with Gasteiger partial charge in [0.05, 0.1) is 4.92 Å². The maximum Gasteiger partial charge on any atom is 0.269 e. The van der Waals surface area contributed by atoms with Crippen LogP contribution < -0.4 is 21.5 Å². The highest BCUT2D eigenvalue weighted by Gasteiger charge is 2.19.